The van der Waals surface area contributed by atoms with E-state index in [1.54, 1.807) is 6.92 Å². The molecule has 1 aliphatic rings. The van der Waals surface area contributed by atoms with Crippen molar-refractivity contribution in [3.8, 4) is 0 Å². The summed E-state index contributed by atoms with van der Waals surface area (Å²) in [5.74, 6) is -0.156. The first-order valence-electron chi connectivity index (χ1n) is 5.19. The standard InChI is InChI=1S/C12H15NO2/c1-2-15-11(14)12(13)8-10(12)9-6-4-3-5-7-9/h3-7,10H,2,8,13H2,1H3/t10-,12-/m1/s1. The van der Waals surface area contributed by atoms with Gasteiger partial charge >= 0.3 is 5.97 Å². The molecule has 0 saturated heterocycles. The Morgan fingerprint density at radius 3 is 2.80 bits per heavy atom. The molecule has 0 radical (unpaired) electrons. The van der Waals surface area contributed by atoms with Crippen LogP contribution in [0.2, 0.25) is 0 Å². The molecule has 2 N–H and O–H groups in total. The third-order valence-electron chi connectivity index (χ3n) is 2.86. The molecule has 80 valence electrons. The lowest BCUT2D eigenvalue weighted by Crippen LogP contribution is -2.36. The molecule has 2 rings (SSSR count). The Balaban J connectivity index is 2.09. The highest BCUT2D eigenvalue weighted by atomic mass is 16.5. The number of hydrogen-bond donors (Lipinski definition) is 1. The van der Waals surface area contributed by atoms with Gasteiger partial charge in [0, 0.05) is 5.92 Å². The maximum absolute atomic E-state index is 11.6. The van der Waals surface area contributed by atoms with Crippen molar-refractivity contribution in [2.45, 2.75) is 24.8 Å². The minimum absolute atomic E-state index is 0.123. The van der Waals surface area contributed by atoms with E-state index in [0.29, 0.717) is 13.0 Å². The van der Waals surface area contributed by atoms with Crippen molar-refractivity contribution in [1.82, 2.24) is 0 Å². The lowest BCUT2D eigenvalue weighted by molar-refractivity contribution is -0.145. The van der Waals surface area contributed by atoms with Crippen molar-refractivity contribution in [1.29, 1.82) is 0 Å². The predicted molar refractivity (Wildman–Crippen MR) is 57.4 cm³/mol. The van der Waals surface area contributed by atoms with E-state index in [2.05, 4.69) is 0 Å². The summed E-state index contributed by atoms with van der Waals surface area (Å²) in [7, 11) is 0. The molecule has 0 bridgehead atoms. The van der Waals surface area contributed by atoms with E-state index in [-0.39, 0.29) is 11.9 Å². The zero-order valence-electron chi connectivity index (χ0n) is 8.77. The van der Waals surface area contributed by atoms with Crippen LogP contribution in [-0.2, 0) is 9.53 Å². The number of ether oxygens (including phenoxy) is 1. The average molecular weight is 205 g/mol. The first kappa shape index (κ1) is 10.2. The van der Waals surface area contributed by atoms with E-state index in [1.807, 2.05) is 30.3 Å². The minimum Gasteiger partial charge on any atom is -0.465 e. The summed E-state index contributed by atoms with van der Waals surface area (Å²) in [4.78, 5) is 11.6. The Bertz CT molecular complexity index is 363. The average Bonchev–Trinajstić information content (AvgIpc) is 2.94. The van der Waals surface area contributed by atoms with Crippen molar-refractivity contribution in [2.24, 2.45) is 5.73 Å². The SMILES string of the molecule is CCOC(=O)[C@@]1(N)C[C@@H]1c1ccccc1. The Morgan fingerprint density at radius 2 is 2.20 bits per heavy atom. The van der Waals surface area contributed by atoms with Crippen molar-refractivity contribution >= 4 is 5.97 Å². The van der Waals surface area contributed by atoms with Gasteiger partial charge in [0.05, 0.1) is 6.61 Å². The summed E-state index contributed by atoms with van der Waals surface area (Å²) in [5, 5.41) is 0. The van der Waals surface area contributed by atoms with Crippen LogP contribution in [0.15, 0.2) is 30.3 Å². The van der Waals surface area contributed by atoms with Gasteiger partial charge in [0.25, 0.3) is 0 Å². The number of carbonyl (C=O) groups is 1. The fraction of sp³-hybridized carbons (Fsp3) is 0.417. The molecular formula is C12H15NO2. The second kappa shape index (κ2) is 3.66. The van der Waals surface area contributed by atoms with Gasteiger partial charge < -0.3 is 10.5 Å². The molecule has 1 aromatic carbocycles. The van der Waals surface area contributed by atoms with Gasteiger partial charge in [-0.05, 0) is 18.9 Å². The molecule has 1 fully saturated rings. The molecule has 2 atom stereocenters. The monoisotopic (exact) mass is 205 g/mol. The van der Waals surface area contributed by atoms with Gasteiger partial charge in [-0.15, -0.1) is 0 Å². The third-order valence-corrected chi connectivity index (χ3v) is 2.86. The van der Waals surface area contributed by atoms with Crippen molar-refractivity contribution in [3.63, 3.8) is 0 Å². The second-order valence-electron chi connectivity index (χ2n) is 3.93. The molecule has 1 aromatic rings. The highest BCUT2D eigenvalue weighted by Gasteiger charge is 2.58. The highest BCUT2D eigenvalue weighted by Crippen LogP contribution is 2.50. The minimum atomic E-state index is -0.780. The Labute approximate surface area is 89.2 Å². The fourth-order valence-electron chi connectivity index (χ4n) is 1.87. The number of nitrogens with two attached hydrogens (primary N) is 1. The van der Waals surface area contributed by atoms with E-state index >= 15 is 0 Å². The van der Waals surface area contributed by atoms with Gasteiger partial charge in [-0.3, -0.25) is 4.79 Å². The second-order valence-corrected chi connectivity index (χ2v) is 3.93. The topological polar surface area (TPSA) is 52.3 Å². The summed E-state index contributed by atoms with van der Waals surface area (Å²) >= 11 is 0. The van der Waals surface area contributed by atoms with E-state index in [0.717, 1.165) is 5.56 Å². The molecule has 0 amide bonds. The molecule has 0 aromatic heterocycles. The van der Waals surface area contributed by atoms with Crippen LogP contribution in [0.3, 0.4) is 0 Å². The molecule has 0 heterocycles. The highest BCUT2D eigenvalue weighted by molar-refractivity contribution is 5.86. The maximum Gasteiger partial charge on any atom is 0.326 e. The van der Waals surface area contributed by atoms with Gasteiger partial charge in [0.15, 0.2) is 0 Å². The Hall–Kier alpha value is -1.35. The number of benzene rings is 1. The van der Waals surface area contributed by atoms with E-state index in [1.165, 1.54) is 0 Å². The van der Waals surface area contributed by atoms with Crippen LogP contribution >= 0.6 is 0 Å². The van der Waals surface area contributed by atoms with Crippen LogP contribution in [-0.4, -0.2) is 18.1 Å². The van der Waals surface area contributed by atoms with Gasteiger partial charge in [-0.25, -0.2) is 0 Å². The molecule has 0 aliphatic heterocycles. The molecule has 15 heavy (non-hydrogen) atoms. The van der Waals surface area contributed by atoms with Gasteiger partial charge in [0.1, 0.15) is 5.54 Å². The third kappa shape index (κ3) is 1.75. The van der Waals surface area contributed by atoms with Crippen LogP contribution in [0.5, 0.6) is 0 Å². The van der Waals surface area contributed by atoms with Crippen molar-refractivity contribution in [3.05, 3.63) is 35.9 Å². The van der Waals surface area contributed by atoms with E-state index in [9.17, 15) is 4.79 Å². The molecule has 3 heteroatoms. The molecule has 1 aliphatic carbocycles. The van der Waals surface area contributed by atoms with Crippen LogP contribution in [0, 0.1) is 0 Å². The normalized spacial score (nSPS) is 28.5. The first-order chi connectivity index (χ1) is 7.18. The predicted octanol–water partition coefficient (Wildman–Crippen LogP) is 1.43. The number of esters is 1. The van der Waals surface area contributed by atoms with Crippen LogP contribution in [0.4, 0.5) is 0 Å². The van der Waals surface area contributed by atoms with E-state index < -0.39 is 5.54 Å². The van der Waals surface area contributed by atoms with Crippen LogP contribution in [0.25, 0.3) is 0 Å². The fourth-order valence-corrected chi connectivity index (χ4v) is 1.87. The number of carbonyl (C=O) groups excluding carboxylic acids is 1. The quantitative estimate of drug-likeness (QED) is 0.759. The zero-order valence-corrected chi connectivity index (χ0v) is 8.77. The van der Waals surface area contributed by atoms with Crippen LogP contribution in [0.1, 0.15) is 24.8 Å². The lowest BCUT2D eigenvalue weighted by atomic mass is 10.1. The molecular weight excluding hydrogens is 190 g/mol. The molecule has 3 nitrogen and oxygen atoms in total. The molecule has 1 saturated carbocycles. The van der Waals surface area contributed by atoms with Gasteiger partial charge in [0.2, 0.25) is 0 Å². The Kier molecular flexibility index (Phi) is 2.49. The summed E-state index contributed by atoms with van der Waals surface area (Å²) in [6.45, 7) is 2.18. The summed E-state index contributed by atoms with van der Waals surface area (Å²) in [6.07, 6.45) is 0.690. The van der Waals surface area contributed by atoms with Gasteiger partial charge in [-0.1, -0.05) is 30.3 Å². The Morgan fingerprint density at radius 1 is 1.53 bits per heavy atom. The smallest absolute Gasteiger partial charge is 0.326 e. The summed E-state index contributed by atoms with van der Waals surface area (Å²) < 4.78 is 4.96. The lowest BCUT2D eigenvalue weighted by Gasteiger charge is -2.10. The number of hydrogen-bond acceptors (Lipinski definition) is 3. The largest absolute Gasteiger partial charge is 0.465 e. The van der Waals surface area contributed by atoms with Crippen molar-refractivity contribution in [2.75, 3.05) is 6.61 Å². The zero-order chi connectivity index (χ0) is 10.9. The first-order valence-corrected chi connectivity index (χ1v) is 5.19. The van der Waals surface area contributed by atoms with Crippen LogP contribution < -0.4 is 5.73 Å². The summed E-state index contributed by atoms with van der Waals surface area (Å²) in [5.41, 5.74) is 6.32. The number of rotatable bonds is 3. The maximum atomic E-state index is 11.6. The van der Waals surface area contributed by atoms with Crippen molar-refractivity contribution < 1.29 is 9.53 Å². The van der Waals surface area contributed by atoms with E-state index in [4.69, 9.17) is 10.5 Å². The summed E-state index contributed by atoms with van der Waals surface area (Å²) in [6, 6.07) is 9.86. The molecule has 0 unspecified atom stereocenters. The molecule has 0 spiro atoms. The van der Waals surface area contributed by atoms with Gasteiger partial charge in [-0.2, -0.15) is 0 Å².